The van der Waals surface area contributed by atoms with Crippen LogP contribution in [0.3, 0.4) is 0 Å². The summed E-state index contributed by atoms with van der Waals surface area (Å²) < 4.78 is 13.5. The van der Waals surface area contributed by atoms with E-state index in [4.69, 9.17) is 11.6 Å². The standard InChI is InChI=1S/C25H20ClFN2O2/c1-14-4-5-15(2)21(12-14)29-24(30)22(17-6-9-19(27)10-7-17)23(25(29)31)28-20-11-8-18(26)13-16(20)3/h4-13,28H,1-3H3. The lowest BCUT2D eigenvalue weighted by Gasteiger charge is -2.18. The number of carbonyl (C=O) groups excluding carboxylic acids is 2. The van der Waals surface area contributed by atoms with Gasteiger partial charge in [0.15, 0.2) is 0 Å². The first-order chi connectivity index (χ1) is 14.8. The van der Waals surface area contributed by atoms with Crippen molar-refractivity contribution in [3.63, 3.8) is 0 Å². The molecule has 0 saturated heterocycles. The third-order valence-corrected chi connectivity index (χ3v) is 5.51. The molecule has 31 heavy (non-hydrogen) atoms. The van der Waals surface area contributed by atoms with Crippen LogP contribution in [0.4, 0.5) is 15.8 Å². The largest absolute Gasteiger partial charge is 0.350 e. The van der Waals surface area contributed by atoms with E-state index in [-0.39, 0.29) is 11.3 Å². The quantitative estimate of drug-likeness (QED) is 0.528. The SMILES string of the molecule is Cc1ccc(C)c(N2C(=O)C(Nc3ccc(Cl)cc3C)=C(c3ccc(F)cc3)C2=O)c1. The zero-order valence-electron chi connectivity index (χ0n) is 17.3. The zero-order chi connectivity index (χ0) is 22.3. The van der Waals surface area contributed by atoms with Crippen LogP contribution in [0.2, 0.25) is 5.02 Å². The molecule has 3 aromatic rings. The highest BCUT2D eigenvalue weighted by Crippen LogP contribution is 2.36. The van der Waals surface area contributed by atoms with Crippen molar-refractivity contribution in [1.29, 1.82) is 0 Å². The van der Waals surface area contributed by atoms with E-state index in [1.165, 1.54) is 29.2 Å². The van der Waals surface area contributed by atoms with Crippen molar-refractivity contribution in [2.24, 2.45) is 0 Å². The minimum atomic E-state index is -0.465. The van der Waals surface area contributed by atoms with Crippen LogP contribution in [0.1, 0.15) is 22.3 Å². The molecular formula is C25H20ClFN2O2. The van der Waals surface area contributed by atoms with Gasteiger partial charge in [0, 0.05) is 10.7 Å². The van der Waals surface area contributed by atoms with E-state index < -0.39 is 17.6 Å². The number of hydrogen-bond acceptors (Lipinski definition) is 3. The molecule has 1 heterocycles. The number of aryl methyl sites for hydroxylation is 3. The Bertz CT molecular complexity index is 1250. The van der Waals surface area contributed by atoms with Gasteiger partial charge in [0.25, 0.3) is 11.8 Å². The predicted molar refractivity (Wildman–Crippen MR) is 122 cm³/mol. The van der Waals surface area contributed by atoms with Gasteiger partial charge >= 0.3 is 0 Å². The summed E-state index contributed by atoms with van der Waals surface area (Å²) in [5, 5.41) is 3.70. The van der Waals surface area contributed by atoms with Crippen molar-refractivity contribution >= 4 is 40.4 Å². The summed E-state index contributed by atoms with van der Waals surface area (Å²) in [6, 6.07) is 16.4. The van der Waals surface area contributed by atoms with Gasteiger partial charge in [0.05, 0.1) is 11.3 Å². The third kappa shape index (κ3) is 3.84. The van der Waals surface area contributed by atoms with Crippen LogP contribution in [-0.2, 0) is 9.59 Å². The minimum absolute atomic E-state index is 0.142. The van der Waals surface area contributed by atoms with Gasteiger partial charge in [-0.2, -0.15) is 0 Å². The Balaban J connectivity index is 1.87. The number of anilines is 2. The highest BCUT2D eigenvalue weighted by atomic mass is 35.5. The average Bonchev–Trinajstić information content (AvgIpc) is 2.96. The Labute approximate surface area is 185 Å². The zero-order valence-corrected chi connectivity index (χ0v) is 18.0. The lowest BCUT2D eigenvalue weighted by Crippen LogP contribution is -2.33. The molecule has 4 nitrogen and oxygen atoms in total. The van der Waals surface area contributed by atoms with Gasteiger partial charge in [-0.15, -0.1) is 0 Å². The topological polar surface area (TPSA) is 49.4 Å². The Hall–Kier alpha value is -3.44. The number of rotatable bonds is 4. The maximum Gasteiger partial charge on any atom is 0.282 e. The molecular weight excluding hydrogens is 415 g/mol. The van der Waals surface area contributed by atoms with E-state index >= 15 is 0 Å². The lowest BCUT2D eigenvalue weighted by molar-refractivity contribution is -0.120. The van der Waals surface area contributed by atoms with Crippen molar-refractivity contribution < 1.29 is 14.0 Å². The van der Waals surface area contributed by atoms with E-state index in [0.717, 1.165) is 16.7 Å². The average molecular weight is 435 g/mol. The van der Waals surface area contributed by atoms with Crippen LogP contribution < -0.4 is 10.2 Å². The maximum absolute atomic E-state index is 13.5. The number of carbonyl (C=O) groups is 2. The smallest absolute Gasteiger partial charge is 0.282 e. The lowest BCUT2D eigenvalue weighted by atomic mass is 10.0. The van der Waals surface area contributed by atoms with Gasteiger partial charge < -0.3 is 5.32 Å². The van der Waals surface area contributed by atoms with E-state index in [1.807, 2.05) is 39.0 Å². The van der Waals surface area contributed by atoms with Gasteiger partial charge in [-0.1, -0.05) is 35.9 Å². The molecule has 0 unspecified atom stereocenters. The van der Waals surface area contributed by atoms with Crippen LogP contribution in [0, 0.1) is 26.6 Å². The first-order valence-electron chi connectivity index (χ1n) is 9.75. The number of nitrogens with zero attached hydrogens (tertiary/aromatic N) is 1. The summed E-state index contributed by atoms with van der Waals surface area (Å²) in [7, 11) is 0. The maximum atomic E-state index is 13.5. The van der Waals surface area contributed by atoms with Crippen LogP contribution >= 0.6 is 11.6 Å². The molecule has 0 spiro atoms. The predicted octanol–water partition coefficient (Wildman–Crippen LogP) is 5.80. The Morgan fingerprint density at radius 1 is 0.839 bits per heavy atom. The van der Waals surface area contributed by atoms with Crippen LogP contribution in [0.15, 0.2) is 66.4 Å². The van der Waals surface area contributed by atoms with Crippen molar-refractivity contribution in [2.45, 2.75) is 20.8 Å². The fourth-order valence-electron chi connectivity index (χ4n) is 3.61. The van der Waals surface area contributed by atoms with Gasteiger partial charge in [-0.25, -0.2) is 9.29 Å². The van der Waals surface area contributed by atoms with E-state index in [1.54, 1.807) is 18.2 Å². The normalized spacial score (nSPS) is 13.9. The first-order valence-corrected chi connectivity index (χ1v) is 10.1. The summed E-state index contributed by atoms with van der Waals surface area (Å²) in [4.78, 5) is 28.2. The summed E-state index contributed by atoms with van der Waals surface area (Å²) in [5.41, 5.74) is 4.53. The summed E-state index contributed by atoms with van der Waals surface area (Å²) in [6.45, 7) is 5.61. The van der Waals surface area contributed by atoms with Crippen LogP contribution in [0.5, 0.6) is 0 Å². The number of benzene rings is 3. The van der Waals surface area contributed by atoms with Gasteiger partial charge in [0.1, 0.15) is 11.5 Å². The molecule has 6 heteroatoms. The number of halogens is 2. The van der Waals surface area contributed by atoms with E-state index in [0.29, 0.717) is 22.0 Å². The number of imide groups is 1. The summed E-state index contributed by atoms with van der Waals surface area (Å²) in [6.07, 6.45) is 0. The van der Waals surface area contributed by atoms with Crippen molar-refractivity contribution in [3.05, 3.63) is 99.5 Å². The molecule has 0 aromatic heterocycles. The molecule has 0 bridgehead atoms. The van der Waals surface area contributed by atoms with Crippen LogP contribution in [0.25, 0.3) is 5.57 Å². The van der Waals surface area contributed by atoms with Crippen LogP contribution in [-0.4, -0.2) is 11.8 Å². The molecule has 1 aliphatic heterocycles. The Morgan fingerprint density at radius 3 is 2.23 bits per heavy atom. The second-order valence-corrected chi connectivity index (χ2v) is 8.01. The highest BCUT2D eigenvalue weighted by molar-refractivity contribution is 6.46. The van der Waals surface area contributed by atoms with Gasteiger partial charge in [-0.05, 0) is 79.4 Å². The molecule has 2 amide bonds. The van der Waals surface area contributed by atoms with Crippen molar-refractivity contribution in [1.82, 2.24) is 0 Å². The minimum Gasteiger partial charge on any atom is -0.350 e. The molecule has 4 rings (SSSR count). The second-order valence-electron chi connectivity index (χ2n) is 7.58. The fraction of sp³-hybridized carbons (Fsp3) is 0.120. The molecule has 0 aliphatic carbocycles. The Morgan fingerprint density at radius 2 is 1.55 bits per heavy atom. The molecule has 156 valence electrons. The van der Waals surface area contributed by atoms with Crippen molar-refractivity contribution in [2.75, 3.05) is 10.2 Å². The monoisotopic (exact) mass is 434 g/mol. The summed E-state index contributed by atoms with van der Waals surface area (Å²) in [5.74, 6) is -1.35. The number of nitrogens with one attached hydrogen (secondary N) is 1. The molecule has 0 radical (unpaired) electrons. The third-order valence-electron chi connectivity index (χ3n) is 5.27. The molecule has 0 saturated carbocycles. The molecule has 0 fully saturated rings. The molecule has 1 N–H and O–H groups in total. The molecule has 3 aromatic carbocycles. The van der Waals surface area contributed by atoms with E-state index in [2.05, 4.69) is 5.32 Å². The fourth-order valence-corrected chi connectivity index (χ4v) is 3.84. The summed E-state index contributed by atoms with van der Waals surface area (Å²) >= 11 is 6.06. The number of hydrogen-bond donors (Lipinski definition) is 1. The second kappa shape index (κ2) is 8.00. The number of amides is 2. The van der Waals surface area contributed by atoms with Crippen molar-refractivity contribution in [3.8, 4) is 0 Å². The molecule has 1 aliphatic rings. The van der Waals surface area contributed by atoms with Gasteiger partial charge in [0.2, 0.25) is 0 Å². The molecule has 0 atom stereocenters. The van der Waals surface area contributed by atoms with Gasteiger partial charge in [-0.3, -0.25) is 9.59 Å². The first kappa shape index (κ1) is 20.8. The highest BCUT2D eigenvalue weighted by Gasteiger charge is 2.41. The Kier molecular flexibility index (Phi) is 5.38. The van der Waals surface area contributed by atoms with E-state index in [9.17, 15) is 14.0 Å².